The van der Waals surface area contributed by atoms with Crippen LogP contribution >= 0.6 is 39.1 Å². The number of allylic oxidation sites excluding steroid dienone is 2. The van der Waals surface area contributed by atoms with Crippen LogP contribution in [0.4, 0.5) is 0 Å². The summed E-state index contributed by atoms with van der Waals surface area (Å²) in [6, 6.07) is 3.97. The lowest BCUT2D eigenvalue weighted by Gasteiger charge is -2.33. The summed E-state index contributed by atoms with van der Waals surface area (Å²) in [6.07, 6.45) is 2.58. The quantitative estimate of drug-likeness (QED) is 0.644. The molecule has 0 saturated heterocycles. The summed E-state index contributed by atoms with van der Waals surface area (Å²) in [5.41, 5.74) is -1.31. The van der Waals surface area contributed by atoms with E-state index < -0.39 is 9.75 Å². The zero-order valence-electron chi connectivity index (χ0n) is 6.97. The highest BCUT2D eigenvalue weighted by atomic mass is 79.9. The Morgan fingerprint density at radius 1 is 1.43 bits per heavy atom. The third kappa shape index (κ3) is 0.910. The average molecular weight is 292 g/mol. The largest absolute Gasteiger partial charge is 0.196 e. The molecule has 0 aliphatic heterocycles. The van der Waals surface area contributed by atoms with E-state index in [0.29, 0.717) is 6.42 Å². The van der Waals surface area contributed by atoms with E-state index in [0.717, 1.165) is 4.48 Å². The van der Waals surface area contributed by atoms with Gasteiger partial charge in [0.1, 0.15) is 0 Å². The monoisotopic (exact) mass is 290 g/mol. The van der Waals surface area contributed by atoms with E-state index in [2.05, 4.69) is 15.9 Å². The Hall–Kier alpha value is -0.220. The third-order valence-corrected chi connectivity index (χ3v) is 5.02. The van der Waals surface area contributed by atoms with E-state index in [9.17, 15) is 0 Å². The molecule has 2 nitrogen and oxygen atoms in total. The Labute approximate surface area is 100 Å². The summed E-state index contributed by atoms with van der Waals surface area (Å²) in [5, 5.41) is 18.2. The van der Waals surface area contributed by atoms with Gasteiger partial charge in [-0.2, -0.15) is 10.5 Å². The standard InChI is InChI=1S/C9H5BrCl2N2/c10-7-2-5-1-6(7)8(3-13,4-14)9(5,11)12/h2,5-6H,1H2. The maximum atomic E-state index is 9.10. The fourth-order valence-corrected chi connectivity index (χ4v) is 3.82. The molecule has 2 atom stereocenters. The van der Waals surface area contributed by atoms with Gasteiger partial charge in [-0.1, -0.05) is 45.2 Å². The second kappa shape index (κ2) is 2.89. The van der Waals surface area contributed by atoms with Crippen LogP contribution in [0.5, 0.6) is 0 Å². The number of halogens is 3. The molecule has 2 rings (SSSR count). The van der Waals surface area contributed by atoms with Crippen molar-refractivity contribution in [2.75, 3.05) is 0 Å². The molecule has 2 unspecified atom stereocenters. The van der Waals surface area contributed by atoms with Gasteiger partial charge >= 0.3 is 0 Å². The molecular weight excluding hydrogens is 287 g/mol. The highest BCUT2D eigenvalue weighted by molar-refractivity contribution is 9.11. The van der Waals surface area contributed by atoms with Crippen molar-refractivity contribution in [3.05, 3.63) is 10.6 Å². The molecule has 14 heavy (non-hydrogen) atoms. The van der Waals surface area contributed by atoms with E-state index >= 15 is 0 Å². The van der Waals surface area contributed by atoms with Crippen LogP contribution in [0, 0.1) is 39.9 Å². The normalized spacial score (nSPS) is 35.9. The molecule has 2 aliphatic carbocycles. The van der Waals surface area contributed by atoms with Crippen LogP contribution in [0.1, 0.15) is 6.42 Å². The van der Waals surface area contributed by atoms with E-state index in [4.69, 9.17) is 33.7 Å². The first-order chi connectivity index (χ1) is 6.49. The first-order valence-corrected chi connectivity index (χ1v) is 5.62. The number of fused-ring (bicyclic) bond motifs is 2. The van der Waals surface area contributed by atoms with Crippen LogP contribution in [0.3, 0.4) is 0 Å². The van der Waals surface area contributed by atoms with Gasteiger partial charge in [0.15, 0.2) is 9.75 Å². The summed E-state index contributed by atoms with van der Waals surface area (Å²) in [5.74, 6) is -0.290. The summed E-state index contributed by atoms with van der Waals surface area (Å²) < 4.78 is -0.402. The molecule has 0 radical (unpaired) electrons. The van der Waals surface area contributed by atoms with Crippen LogP contribution in [0.2, 0.25) is 0 Å². The van der Waals surface area contributed by atoms with Crippen LogP contribution in [0.25, 0.3) is 0 Å². The number of hydrogen-bond donors (Lipinski definition) is 0. The molecule has 1 saturated carbocycles. The van der Waals surface area contributed by atoms with Gasteiger partial charge in [-0.3, -0.25) is 0 Å². The lowest BCUT2D eigenvalue weighted by Crippen LogP contribution is -2.41. The molecule has 0 aromatic carbocycles. The van der Waals surface area contributed by atoms with Crippen molar-refractivity contribution < 1.29 is 0 Å². The Bertz CT molecular complexity index is 388. The fraction of sp³-hybridized carbons (Fsp3) is 0.556. The van der Waals surface area contributed by atoms with Gasteiger partial charge in [0.05, 0.1) is 12.1 Å². The van der Waals surface area contributed by atoms with Gasteiger partial charge in [-0.05, 0) is 10.9 Å². The predicted molar refractivity (Wildman–Crippen MR) is 56.7 cm³/mol. The summed E-state index contributed by atoms with van der Waals surface area (Å²) in [4.78, 5) is 0. The van der Waals surface area contributed by atoms with Crippen molar-refractivity contribution in [1.82, 2.24) is 0 Å². The van der Waals surface area contributed by atoms with Crippen LogP contribution in [-0.4, -0.2) is 4.33 Å². The SMILES string of the molecule is N#CC1(C#N)C2CC(C=C2Br)C1(Cl)Cl. The molecule has 0 aromatic rings. The molecule has 1 fully saturated rings. The number of rotatable bonds is 0. The minimum absolute atomic E-state index is 0.107. The molecule has 0 spiro atoms. The number of nitrogens with zero attached hydrogens (tertiary/aromatic N) is 2. The first-order valence-electron chi connectivity index (χ1n) is 4.07. The van der Waals surface area contributed by atoms with E-state index in [-0.39, 0.29) is 11.8 Å². The highest BCUT2D eigenvalue weighted by Crippen LogP contribution is 2.66. The van der Waals surface area contributed by atoms with Crippen molar-refractivity contribution in [3.63, 3.8) is 0 Å². The zero-order valence-corrected chi connectivity index (χ0v) is 10.1. The van der Waals surface area contributed by atoms with Crippen LogP contribution in [-0.2, 0) is 0 Å². The second-order valence-electron chi connectivity index (χ2n) is 3.60. The summed E-state index contributed by atoms with van der Waals surface area (Å²) >= 11 is 15.6. The zero-order chi connectivity index (χ0) is 10.6. The van der Waals surface area contributed by atoms with Gasteiger partial charge < -0.3 is 0 Å². The van der Waals surface area contributed by atoms with Crippen molar-refractivity contribution in [3.8, 4) is 12.1 Å². The molecule has 2 bridgehead atoms. The van der Waals surface area contributed by atoms with E-state index in [1.807, 2.05) is 18.2 Å². The predicted octanol–water partition coefficient (Wildman–Crippen LogP) is 3.12. The van der Waals surface area contributed by atoms with Crippen molar-refractivity contribution in [1.29, 1.82) is 10.5 Å². The number of hydrogen-bond acceptors (Lipinski definition) is 2. The minimum atomic E-state index is -1.31. The van der Waals surface area contributed by atoms with Gasteiger partial charge in [0.2, 0.25) is 0 Å². The molecular formula is C9H5BrCl2N2. The Morgan fingerprint density at radius 2 is 2.00 bits per heavy atom. The molecule has 5 heteroatoms. The topological polar surface area (TPSA) is 47.6 Å². The van der Waals surface area contributed by atoms with Gasteiger partial charge in [-0.25, -0.2) is 0 Å². The molecule has 0 aromatic heterocycles. The number of nitriles is 2. The first kappa shape index (κ1) is 10.3. The molecule has 0 N–H and O–H groups in total. The van der Waals surface area contributed by atoms with E-state index in [1.165, 1.54) is 0 Å². The van der Waals surface area contributed by atoms with Crippen molar-refractivity contribution in [2.45, 2.75) is 10.8 Å². The van der Waals surface area contributed by atoms with Crippen molar-refractivity contribution >= 4 is 39.1 Å². The molecule has 0 heterocycles. The Balaban J connectivity index is 2.62. The third-order valence-electron chi connectivity index (χ3n) is 3.05. The fourth-order valence-electron chi connectivity index (χ4n) is 2.23. The van der Waals surface area contributed by atoms with Crippen LogP contribution < -0.4 is 0 Å². The van der Waals surface area contributed by atoms with Gasteiger partial charge in [0, 0.05) is 11.8 Å². The highest BCUT2D eigenvalue weighted by Gasteiger charge is 2.68. The molecule has 72 valence electrons. The van der Waals surface area contributed by atoms with Crippen LogP contribution in [0.15, 0.2) is 10.6 Å². The average Bonchev–Trinajstić information content (AvgIpc) is 2.59. The van der Waals surface area contributed by atoms with E-state index in [1.54, 1.807) is 0 Å². The Kier molecular flexibility index (Phi) is 2.13. The minimum Gasteiger partial charge on any atom is -0.196 e. The summed E-state index contributed by atoms with van der Waals surface area (Å²) in [6.45, 7) is 0. The smallest absolute Gasteiger partial charge is 0.184 e. The molecule has 0 amide bonds. The number of alkyl halides is 2. The Morgan fingerprint density at radius 3 is 2.36 bits per heavy atom. The van der Waals surface area contributed by atoms with Gasteiger partial charge in [-0.15, -0.1) is 0 Å². The second-order valence-corrected chi connectivity index (χ2v) is 5.90. The van der Waals surface area contributed by atoms with Crippen molar-refractivity contribution in [2.24, 2.45) is 17.3 Å². The maximum absolute atomic E-state index is 9.10. The lowest BCUT2D eigenvalue weighted by atomic mass is 9.77. The maximum Gasteiger partial charge on any atom is 0.184 e. The van der Waals surface area contributed by atoms with Gasteiger partial charge in [0.25, 0.3) is 0 Å². The molecule has 2 aliphatic rings. The lowest BCUT2D eigenvalue weighted by molar-refractivity contribution is 0.409. The summed E-state index contributed by atoms with van der Waals surface area (Å²) in [7, 11) is 0.